The van der Waals surface area contributed by atoms with E-state index in [0.29, 0.717) is 21.8 Å². The van der Waals surface area contributed by atoms with Gasteiger partial charge in [0.1, 0.15) is 5.03 Å². The molecular weight excluding hydrogens is 379 g/mol. The average molecular weight is 395 g/mol. The van der Waals surface area contributed by atoms with Gasteiger partial charge < -0.3 is 4.42 Å². The van der Waals surface area contributed by atoms with Crippen LogP contribution in [0.1, 0.15) is 43.8 Å². The van der Waals surface area contributed by atoms with Crippen LogP contribution in [0.3, 0.4) is 0 Å². The summed E-state index contributed by atoms with van der Waals surface area (Å²) in [5, 5.41) is 16.4. The van der Waals surface area contributed by atoms with Crippen molar-refractivity contribution in [3.63, 3.8) is 0 Å². The lowest BCUT2D eigenvalue weighted by Crippen LogP contribution is -2.15. The zero-order chi connectivity index (χ0) is 18.9. The van der Waals surface area contributed by atoms with Crippen molar-refractivity contribution in [2.24, 2.45) is 0 Å². The van der Waals surface area contributed by atoms with Crippen LogP contribution in [0, 0.1) is 0 Å². The Morgan fingerprint density at radius 3 is 2.44 bits per heavy atom. The molecule has 1 aliphatic rings. The maximum atomic E-state index is 12.7. The quantitative estimate of drug-likeness (QED) is 0.619. The number of alkyl halides is 3. The predicted octanol–water partition coefficient (Wildman–Crippen LogP) is 5.00. The van der Waals surface area contributed by atoms with Crippen molar-refractivity contribution >= 4 is 11.8 Å². The molecule has 3 aromatic rings. The van der Waals surface area contributed by atoms with Crippen LogP contribution in [-0.2, 0) is 6.18 Å². The smallest absolute Gasteiger partial charge is 0.435 e. The lowest BCUT2D eigenvalue weighted by molar-refractivity contribution is -0.141. The first-order valence-corrected chi connectivity index (χ1v) is 9.41. The number of nitrogens with zero attached hydrogens (tertiary/aromatic N) is 5. The zero-order valence-electron chi connectivity index (χ0n) is 14.2. The normalized spacial score (nSPS) is 16.0. The molecule has 1 fully saturated rings. The molecule has 3 heterocycles. The van der Waals surface area contributed by atoms with Crippen LogP contribution in [0.15, 0.2) is 45.1 Å². The van der Waals surface area contributed by atoms with Gasteiger partial charge in [0.2, 0.25) is 5.82 Å². The summed E-state index contributed by atoms with van der Waals surface area (Å²) < 4.78 is 45.5. The van der Waals surface area contributed by atoms with E-state index in [-0.39, 0.29) is 6.04 Å². The highest BCUT2D eigenvalue weighted by atomic mass is 32.2. The van der Waals surface area contributed by atoms with Crippen LogP contribution < -0.4 is 0 Å². The summed E-state index contributed by atoms with van der Waals surface area (Å²) in [4.78, 5) is 0. The second-order valence-electron chi connectivity index (χ2n) is 6.30. The highest BCUT2D eigenvalue weighted by molar-refractivity contribution is 7.99. The van der Waals surface area contributed by atoms with E-state index in [4.69, 9.17) is 4.42 Å². The second-order valence-corrected chi connectivity index (χ2v) is 7.29. The van der Waals surface area contributed by atoms with E-state index in [1.165, 1.54) is 12.5 Å². The topological polar surface area (TPSA) is 69.6 Å². The van der Waals surface area contributed by atoms with Gasteiger partial charge in [0.05, 0.1) is 6.26 Å². The molecule has 6 nitrogen and oxygen atoms in total. The van der Waals surface area contributed by atoms with Crippen LogP contribution >= 0.6 is 11.8 Å². The number of rotatable bonds is 4. The highest BCUT2D eigenvalue weighted by Crippen LogP contribution is 2.37. The van der Waals surface area contributed by atoms with E-state index in [2.05, 4.69) is 20.4 Å². The minimum absolute atomic E-state index is 0.221. The molecule has 1 saturated carbocycles. The van der Waals surface area contributed by atoms with Gasteiger partial charge in [-0.3, -0.25) is 4.57 Å². The molecule has 0 spiro atoms. The Hall–Kier alpha value is -2.36. The van der Waals surface area contributed by atoms with Crippen molar-refractivity contribution in [3.8, 4) is 11.6 Å². The summed E-state index contributed by atoms with van der Waals surface area (Å²) in [6.45, 7) is 0. The number of hydrogen-bond donors (Lipinski definition) is 0. The van der Waals surface area contributed by atoms with E-state index >= 15 is 0 Å². The third kappa shape index (κ3) is 3.85. The SMILES string of the molecule is FC(F)(F)c1ccc(Sc2nnc(-c3ccco3)n2C2CCCCC2)nn1. The van der Waals surface area contributed by atoms with Crippen molar-refractivity contribution in [3.05, 3.63) is 36.2 Å². The standard InChI is InChI=1S/C17H16F3N5OS/c18-17(19,20)13-8-9-14(22-21-13)27-16-24-23-15(12-7-4-10-26-12)25(16)11-5-2-1-3-6-11/h4,7-11H,1-3,5-6H2. The maximum absolute atomic E-state index is 12.7. The van der Waals surface area contributed by atoms with Gasteiger partial charge in [0.25, 0.3) is 0 Å². The van der Waals surface area contributed by atoms with E-state index in [9.17, 15) is 13.2 Å². The van der Waals surface area contributed by atoms with Gasteiger partial charge in [-0.2, -0.15) is 13.2 Å². The van der Waals surface area contributed by atoms with E-state index < -0.39 is 11.9 Å². The largest absolute Gasteiger partial charge is 0.461 e. The molecule has 142 valence electrons. The van der Waals surface area contributed by atoms with Crippen LogP contribution in [0.2, 0.25) is 0 Å². The Morgan fingerprint density at radius 1 is 1.00 bits per heavy atom. The Balaban J connectivity index is 1.66. The highest BCUT2D eigenvalue weighted by Gasteiger charge is 2.33. The Morgan fingerprint density at radius 2 is 1.81 bits per heavy atom. The molecule has 0 saturated heterocycles. The van der Waals surface area contributed by atoms with Gasteiger partial charge in [-0.25, -0.2) is 0 Å². The molecule has 27 heavy (non-hydrogen) atoms. The molecule has 0 aliphatic heterocycles. The van der Waals surface area contributed by atoms with Gasteiger partial charge in [-0.05, 0) is 48.9 Å². The van der Waals surface area contributed by atoms with Gasteiger partial charge in [0, 0.05) is 6.04 Å². The van der Waals surface area contributed by atoms with Gasteiger partial charge >= 0.3 is 6.18 Å². The zero-order valence-corrected chi connectivity index (χ0v) is 15.0. The molecule has 0 bridgehead atoms. The third-order valence-corrected chi connectivity index (χ3v) is 5.36. The molecule has 1 aliphatic carbocycles. The number of hydrogen-bond acceptors (Lipinski definition) is 6. The molecular formula is C17H16F3N5OS. The monoisotopic (exact) mass is 395 g/mol. The van der Waals surface area contributed by atoms with Crippen molar-refractivity contribution in [2.45, 2.75) is 54.5 Å². The molecule has 4 rings (SSSR count). The van der Waals surface area contributed by atoms with Crippen LogP contribution in [0.5, 0.6) is 0 Å². The number of aromatic nitrogens is 5. The fraction of sp³-hybridized carbons (Fsp3) is 0.412. The van der Waals surface area contributed by atoms with E-state index in [1.807, 2.05) is 10.6 Å². The second kappa shape index (κ2) is 7.34. The Labute approximate surface area is 157 Å². The molecule has 0 radical (unpaired) electrons. The third-order valence-electron chi connectivity index (χ3n) is 4.47. The van der Waals surface area contributed by atoms with Gasteiger partial charge in [-0.1, -0.05) is 19.3 Å². The van der Waals surface area contributed by atoms with Crippen LogP contribution in [-0.4, -0.2) is 25.0 Å². The molecule has 10 heteroatoms. The summed E-state index contributed by atoms with van der Waals surface area (Å²) in [5.41, 5.74) is -1.02. The summed E-state index contributed by atoms with van der Waals surface area (Å²) in [6, 6.07) is 6.04. The number of halogens is 3. The van der Waals surface area contributed by atoms with Crippen molar-refractivity contribution in [1.82, 2.24) is 25.0 Å². The fourth-order valence-corrected chi connectivity index (χ4v) is 4.03. The van der Waals surface area contributed by atoms with Gasteiger partial charge in [0.15, 0.2) is 16.6 Å². The lowest BCUT2D eigenvalue weighted by atomic mass is 9.95. The first kappa shape index (κ1) is 18.0. The minimum atomic E-state index is -4.51. The minimum Gasteiger partial charge on any atom is -0.461 e. The predicted molar refractivity (Wildman–Crippen MR) is 91.0 cm³/mol. The molecule has 0 unspecified atom stereocenters. The fourth-order valence-electron chi connectivity index (χ4n) is 3.21. The first-order valence-electron chi connectivity index (χ1n) is 8.60. The summed E-state index contributed by atoms with van der Waals surface area (Å²) in [5.74, 6) is 1.23. The molecule has 0 amide bonds. The van der Waals surface area contributed by atoms with E-state index in [1.54, 1.807) is 12.3 Å². The maximum Gasteiger partial charge on any atom is 0.435 e. The van der Waals surface area contributed by atoms with Crippen molar-refractivity contribution in [2.75, 3.05) is 0 Å². The average Bonchev–Trinajstić information content (AvgIpc) is 3.32. The van der Waals surface area contributed by atoms with Crippen molar-refractivity contribution in [1.29, 1.82) is 0 Å². The van der Waals surface area contributed by atoms with Crippen LogP contribution in [0.25, 0.3) is 11.6 Å². The molecule has 0 atom stereocenters. The summed E-state index contributed by atoms with van der Waals surface area (Å²) in [7, 11) is 0. The Kier molecular flexibility index (Phi) is 4.90. The number of furan rings is 1. The Bertz CT molecular complexity index is 886. The van der Waals surface area contributed by atoms with Crippen LogP contribution in [0.4, 0.5) is 13.2 Å². The molecule has 0 N–H and O–H groups in total. The lowest BCUT2D eigenvalue weighted by Gasteiger charge is -2.25. The molecule has 3 aromatic heterocycles. The first-order chi connectivity index (χ1) is 13.0. The van der Waals surface area contributed by atoms with Crippen molar-refractivity contribution < 1.29 is 17.6 Å². The van der Waals surface area contributed by atoms with Gasteiger partial charge in [-0.15, -0.1) is 20.4 Å². The van der Waals surface area contributed by atoms with E-state index in [0.717, 1.165) is 43.5 Å². The molecule has 0 aromatic carbocycles. The summed E-state index contributed by atoms with van der Waals surface area (Å²) >= 11 is 1.15. The summed E-state index contributed by atoms with van der Waals surface area (Å²) in [6.07, 6.45) is 2.49.